The minimum Gasteiger partial charge on any atom is -0.382 e. The van der Waals surface area contributed by atoms with E-state index < -0.39 is 0 Å². The molecular weight excluding hydrogens is 250 g/mol. The molecule has 0 aromatic heterocycles. The molecule has 4 rings (SSSR count). The minimum atomic E-state index is 0.751. The zero-order valence-corrected chi connectivity index (χ0v) is 12.5. The highest BCUT2D eigenvalue weighted by Crippen LogP contribution is 2.59. The van der Waals surface area contributed by atoms with Crippen LogP contribution in [0.15, 0.2) is 29.2 Å². The van der Waals surface area contributed by atoms with E-state index in [9.17, 15) is 0 Å². The molecule has 3 saturated carbocycles. The number of benzene rings is 1. The third kappa shape index (κ3) is 1.99. The van der Waals surface area contributed by atoms with Gasteiger partial charge in [0.1, 0.15) is 0 Å². The number of hydrogen-bond acceptors (Lipinski definition) is 2. The summed E-state index contributed by atoms with van der Waals surface area (Å²) in [7, 11) is 0. The Hall–Kier alpha value is -0.630. The summed E-state index contributed by atoms with van der Waals surface area (Å²) in [6.45, 7) is 0. The van der Waals surface area contributed by atoms with Gasteiger partial charge in [-0.2, -0.15) is 0 Å². The molecule has 3 aliphatic rings. The molecule has 5 unspecified atom stereocenters. The SMILES string of the molecule is CSc1cccc(NC2CC3CC2C2CCCC32)c1. The van der Waals surface area contributed by atoms with Crippen LogP contribution in [-0.4, -0.2) is 12.3 Å². The Labute approximate surface area is 120 Å². The van der Waals surface area contributed by atoms with Crippen LogP contribution in [0.25, 0.3) is 0 Å². The molecule has 3 fully saturated rings. The van der Waals surface area contributed by atoms with Gasteiger partial charge < -0.3 is 5.32 Å². The molecule has 0 amide bonds. The normalized spacial score (nSPS) is 39.5. The van der Waals surface area contributed by atoms with Gasteiger partial charge in [-0.1, -0.05) is 12.5 Å². The summed E-state index contributed by atoms with van der Waals surface area (Å²) in [6, 6.07) is 9.67. The topological polar surface area (TPSA) is 12.0 Å². The van der Waals surface area contributed by atoms with Gasteiger partial charge in [-0.05, 0) is 73.8 Å². The largest absolute Gasteiger partial charge is 0.382 e. The molecule has 0 aliphatic heterocycles. The standard InChI is InChI=1S/C17H23NS/c1-19-13-5-2-4-12(10-13)18-17-9-11-8-16(17)15-7-3-6-14(11)15/h2,4-5,10-11,14-18H,3,6-9H2,1H3. The van der Waals surface area contributed by atoms with E-state index in [0.29, 0.717) is 0 Å². The van der Waals surface area contributed by atoms with Gasteiger partial charge >= 0.3 is 0 Å². The summed E-state index contributed by atoms with van der Waals surface area (Å²) < 4.78 is 0. The first kappa shape index (κ1) is 12.1. The molecule has 1 aromatic rings. The first-order valence-electron chi connectivity index (χ1n) is 7.76. The second-order valence-corrected chi connectivity index (χ2v) is 7.52. The van der Waals surface area contributed by atoms with E-state index in [4.69, 9.17) is 0 Å². The lowest BCUT2D eigenvalue weighted by Crippen LogP contribution is -2.33. The maximum Gasteiger partial charge on any atom is 0.0353 e. The van der Waals surface area contributed by atoms with Crippen molar-refractivity contribution in [3.05, 3.63) is 24.3 Å². The fraction of sp³-hybridized carbons (Fsp3) is 0.647. The summed E-state index contributed by atoms with van der Waals surface area (Å²) in [5.41, 5.74) is 1.33. The zero-order chi connectivity index (χ0) is 12.8. The number of nitrogens with one attached hydrogen (secondary N) is 1. The van der Waals surface area contributed by atoms with Crippen LogP contribution in [0.5, 0.6) is 0 Å². The maximum absolute atomic E-state index is 3.85. The van der Waals surface area contributed by atoms with Crippen LogP contribution in [0, 0.1) is 23.7 Å². The van der Waals surface area contributed by atoms with Crippen molar-refractivity contribution in [1.82, 2.24) is 0 Å². The highest BCUT2D eigenvalue weighted by Gasteiger charge is 2.53. The van der Waals surface area contributed by atoms with E-state index in [1.54, 1.807) is 0 Å². The van der Waals surface area contributed by atoms with Crippen LogP contribution in [0.2, 0.25) is 0 Å². The lowest BCUT2D eigenvalue weighted by molar-refractivity contribution is 0.243. The number of anilines is 1. The monoisotopic (exact) mass is 273 g/mol. The molecule has 0 heterocycles. The predicted molar refractivity (Wildman–Crippen MR) is 82.7 cm³/mol. The quantitative estimate of drug-likeness (QED) is 0.805. The Morgan fingerprint density at radius 1 is 1.11 bits per heavy atom. The third-order valence-corrected chi connectivity index (χ3v) is 6.58. The first-order valence-corrected chi connectivity index (χ1v) is 8.98. The average Bonchev–Trinajstić information content (AvgIpc) is 3.10. The van der Waals surface area contributed by atoms with Crippen molar-refractivity contribution >= 4 is 17.4 Å². The van der Waals surface area contributed by atoms with E-state index in [0.717, 1.165) is 29.7 Å². The molecule has 0 spiro atoms. The van der Waals surface area contributed by atoms with Crippen LogP contribution in [-0.2, 0) is 0 Å². The second-order valence-electron chi connectivity index (χ2n) is 6.64. The summed E-state index contributed by atoms with van der Waals surface area (Å²) in [5, 5.41) is 3.85. The fourth-order valence-corrected chi connectivity index (χ4v) is 5.62. The predicted octanol–water partition coefficient (Wildman–Crippen LogP) is 4.65. The van der Waals surface area contributed by atoms with Gasteiger partial charge in [-0.25, -0.2) is 0 Å². The summed E-state index contributed by atoms with van der Waals surface area (Å²) in [6.07, 6.45) is 9.62. The molecule has 1 aromatic carbocycles. The van der Waals surface area contributed by atoms with Gasteiger partial charge in [0.2, 0.25) is 0 Å². The molecule has 102 valence electrons. The molecule has 5 atom stereocenters. The van der Waals surface area contributed by atoms with Crippen molar-refractivity contribution in [1.29, 1.82) is 0 Å². The van der Waals surface area contributed by atoms with Crippen molar-refractivity contribution in [3.63, 3.8) is 0 Å². The molecule has 0 saturated heterocycles. The van der Waals surface area contributed by atoms with Gasteiger partial charge in [0.25, 0.3) is 0 Å². The van der Waals surface area contributed by atoms with E-state index in [1.807, 2.05) is 11.8 Å². The Morgan fingerprint density at radius 2 is 2.00 bits per heavy atom. The molecule has 19 heavy (non-hydrogen) atoms. The van der Waals surface area contributed by atoms with Crippen molar-refractivity contribution in [2.75, 3.05) is 11.6 Å². The fourth-order valence-electron chi connectivity index (χ4n) is 5.16. The molecule has 1 N–H and O–H groups in total. The lowest BCUT2D eigenvalue weighted by Gasteiger charge is -2.32. The van der Waals surface area contributed by atoms with Crippen LogP contribution >= 0.6 is 11.8 Å². The zero-order valence-electron chi connectivity index (χ0n) is 11.6. The molecule has 3 aliphatic carbocycles. The van der Waals surface area contributed by atoms with Crippen molar-refractivity contribution < 1.29 is 0 Å². The highest BCUT2D eigenvalue weighted by molar-refractivity contribution is 7.98. The van der Waals surface area contributed by atoms with E-state index in [-0.39, 0.29) is 0 Å². The van der Waals surface area contributed by atoms with Crippen molar-refractivity contribution in [2.24, 2.45) is 23.7 Å². The van der Waals surface area contributed by atoms with E-state index in [2.05, 4.69) is 35.8 Å². The molecule has 1 nitrogen and oxygen atoms in total. The number of thioether (sulfide) groups is 1. The van der Waals surface area contributed by atoms with Gasteiger partial charge in [0.05, 0.1) is 0 Å². The highest BCUT2D eigenvalue weighted by atomic mass is 32.2. The molecule has 2 bridgehead atoms. The van der Waals surface area contributed by atoms with Gasteiger partial charge in [0, 0.05) is 16.6 Å². The van der Waals surface area contributed by atoms with Crippen LogP contribution in [0.1, 0.15) is 32.1 Å². The average molecular weight is 273 g/mol. The first-order chi connectivity index (χ1) is 9.35. The smallest absolute Gasteiger partial charge is 0.0353 e. The Balaban J connectivity index is 1.49. The molecule has 2 heteroatoms. The number of hydrogen-bond donors (Lipinski definition) is 1. The van der Waals surface area contributed by atoms with Gasteiger partial charge in [-0.3, -0.25) is 0 Å². The molecule has 0 radical (unpaired) electrons. The Morgan fingerprint density at radius 3 is 2.89 bits per heavy atom. The van der Waals surface area contributed by atoms with Gasteiger partial charge in [-0.15, -0.1) is 11.8 Å². The Bertz CT molecular complexity index is 472. The van der Waals surface area contributed by atoms with Crippen molar-refractivity contribution in [2.45, 2.75) is 43.0 Å². The summed E-state index contributed by atoms with van der Waals surface area (Å²) in [5.74, 6) is 4.16. The second kappa shape index (κ2) is 4.73. The number of fused-ring (bicyclic) bond motifs is 5. The Kier molecular flexibility index (Phi) is 3.02. The van der Waals surface area contributed by atoms with E-state index >= 15 is 0 Å². The number of rotatable bonds is 3. The summed E-state index contributed by atoms with van der Waals surface area (Å²) in [4.78, 5) is 1.37. The summed E-state index contributed by atoms with van der Waals surface area (Å²) >= 11 is 1.83. The lowest BCUT2D eigenvalue weighted by atomic mass is 9.79. The van der Waals surface area contributed by atoms with Crippen LogP contribution in [0.4, 0.5) is 5.69 Å². The van der Waals surface area contributed by atoms with Crippen molar-refractivity contribution in [3.8, 4) is 0 Å². The maximum atomic E-state index is 3.85. The minimum absolute atomic E-state index is 0.751. The third-order valence-electron chi connectivity index (χ3n) is 5.85. The van der Waals surface area contributed by atoms with Crippen LogP contribution < -0.4 is 5.32 Å². The molecular formula is C17H23NS. The van der Waals surface area contributed by atoms with Crippen LogP contribution in [0.3, 0.4) is 0 Å². The van der Waals surface area contributed by atoms with Gasteiger partial charge in [0.15, 0.2) is 0 Å². The van der Waals surface area contributed by atoms with E-state index in [1.165, 1.54) is 42.7 Å².